The van der Waals surface area contributed by atoms with Gasteiger partial charge >= 0.3 is 0 Å². The molecule has 0 aliphatic carbocycles. The smallest absolute Gasteiger partial charge is 0.282 e. The van der Waals surface area contributed by atoms with Gasteiger partial charge in [-0.05, 0) is 19.1 Å². The molecule has 0 saturated heterocycles. The van der Waals surface area contributed by atoms with Crippen LogP contribution in [0.2, 0.25) is 5.02 Å². The quantitative estimate of drug-likeness (QED) is 0.544. The van der Waals surface area contributed by atoms with Crippen molar-refractivity contribution < 1.29 is 14.8 Å². The SMILES string of the molecule is CC(O)C(N)CNC(=O)c1cc(Cl)ccc1[N+](=O)[O-]. The molecule has 0 fully saturated rings. The average Bonchev–Trinajstić information content (AvgIpc) is 2.34. The van der Waals surface area contributed by atoms with Crippen LogP contribution < -0.4 is 11.1 Å². The molecule has 1 aromatic carbocycles. The average molecular weight is 288 g/mol. The van der Waals surface area contributed by atoms with Crippen LogP contribution in [0, 0.1) is 10.1 Å². The van der Waals surface area contributed by atoms with Crippen molar-refractivity contribution in [2.45, 2.75) is 19.1 Å². The van der Waals surface area contributed by atoms with Crippen LogP contribution >= 0.6 is 11.6 Å². The molecule has 0 bridgehead atoms. The molecule has 0 aliphatic heterocycles. The molecule has 8 heteroatoms. The van der Waals surface area contributed by atoms with Crippen molar-refractivity contribution in [2.75, 3.05) is 6.54 Å². The molecule has 0 spiro atoms. The Balaban J connectivity index is 2.87. The van der Waals surface area contributed by atoms with E-state index in [0.717, 1.165) is 6.07 Å². The lowest BCUT2D eigenvalue weighted by atomic mass is 10.1. The number of carbonyl (C=O) groups excluding carboxylic acids is 1. The monoisotopic (exact) mass is 287 g/mol. The van der Waals surface area contributed by atoms with Gasteiger partial charge in [-0.15, -0.1) is 0 Å². The fraction of sp³-hybridized carbons (Fsp3) is 0.364. The van der Waals surface area contributed by atoms with Crippen molar-refractivity contribution in [1.82, 2.24) is 5.32 Å². The van der Waals surface area contributed by atoms with Gasteiger partial charge in [-0.2, -0.15) is 0 Å². The van der Waals surface area contributed by atoms with Crippen LogP contribution in [0.3, 0.4) is 0 Å². The Hall–Kier alpha value is -1.70. The number of nitro benzene ring substituents is 1. The highest BCUT2D eigenvalue weighted by molar-refractivity contribution is 6.31. The van der Waals surface area contributed by atoms with Gasteiger partial charge < -0.3 is 16.2 Å². The molecule has 7 nitrogen and oxygen atoms in total. The van der Waals surface area contributed by atoms with Crippen LogP contribution in [0.25, 0.3) is 0 Å². The second-order valence-corrected chi connectivity index (χ2v) is 4.47. The second-order valence-electron chi connectivity index (χ2n) is 4.03. The first-order chi connectivity index (χ1) is 8.82. The highest BCUT2D eigenvalue weighted by atomic mass is 35.5. The molecule has 1 aromatic rings. The van der Waals surface area contributed by atoms with Gasteiger partial charge in [-0.3, -0.25) is 14.9 Å². The summed E-state index contributed by atoms with van der Waals surface area (Å²) in [5, 5.41) is 22.6. The largest absolute Gasteiger partial charge is 0.392 e. The minimum atomic E-state index is -0.797. The lowest BCUT2D eigenvalue weighted by Crippen LogP contribution is -2.43. The molecule has 0 aromatic heterocycles. The van der Waals surface area contributed by atoms with E-state index in [4.69, 9.17) is 17.3 Å². The lowest BCUT2D eigenvalue weighted by molar-refractivity contribution is -0.385. The van der Waals surface area contributed by atoms with E-state index in [1.54, 1.807) is 0 Å². The molecule has 104 valence electrons. The third-order valence-electron chi connectivity index (χ3n) is 2.52. The van der Waals surface area contributed by atoms with Crippen LogP contribution in [0.15, 0.2) is 18.2 Å². The fourth-order valence-corrected chi connectivity index (χ4v) is 1.50. The van der Waals surface area contributed by atoms with Crippen molar-refractivity contribution in [3.63, 3.8) is 0 Å². The number of aliphatic hydroxyl groups excluding tert-OH is 1. The zero-order valence-electron chi connectivity index (χ0n) is 10.2. The number of hydrogen-bond acceptors (Lipinski definition) is 5. The first-order valence-electron chi connectivity index (χ1n) is 5.48. The minimum absolute atomic E-state index is 0.000166. The van der Waals surface area contributed by atoms with Crippen LogP contribution in [0.5, 0.6) is 0 Å². The molecular formula is C11H14ClN3O4. The van der Waals surface area contributed by atoms with Gasteiger partial charge in [0.1, 0.15) is 5.56 Å². The van der Waals surface area contributed by atoms with Gasteiger partial charge in [-0.1, -0.05) is 11.6 Å². The Labute approximate surface area is 114 Å². The van der Waals surface area contributed by atoms with Crippen molar-refractivity contribution >= 4 is 23.2 Å². The van der Waals surface area contributed by atoms with Crippen LogP contribution in [0.1, 0.15) is 17.3 Å². The Morgan fingerprint density at radius 1 is 1.63 bits per heavy atom. The summed E-state index contributed by atoms with van der Waals surface area (Å²) in [5.41, 5.74) is 5.06. The van der Waals surface area contributed by atoms with Crippen molar-refractivity contribution in [1.29, 1.82) is 0 Å². The summed E-state index contributed by atoms with van der Waals surface area (Å²) >= 11 is 5.71. The highest BCUT2D eigenvalue weighted by Gasteiger charge is 2.21. The highest BCUT2D eigenvalue weighted by Crippen LogP contribution is 2.22. The van der Waals surface area contributed by atoms with Gasteiger partial charge in [0.2, 0.25) is 0 Å². The van der Waals surface area contributed by atoms with E-state index < -0.39 is 23.0 Å². The summed E-state index contributed by atoms with van der Waals surface area (Å²) in [6, 6.07) is 3.05. The Morgan fingerprint density at radius 2 is 2.26 bits per heavy atom. The Kier molecular flexibility index (Phi) is 5.22. The van der Waals surface area contributed by atoms with E-state index in [1.165, 1.54) is 19.1 Å². The number of nitrogens with two attached hydrogens (primary N) is 1. The summed E-state index contributed by atoms with van der Waals surface area (Å²) in [6.07, 6.45) is -0.797. The van der Waals surface area contributed by atoms with Gasteiger partial charge in [0, 0.05) is 23.7 Å². The maximum Gasteiger partial charge on any atom is 0.282 e. The molecule has 1 amide bonds. The number of nitrogens with one attached hydrogen (secondary N) is 1. The number of aliphatic hydroxyl groups is 1. The zero-order valence-corrected chi connectivity index (χ0v) is 10.9. The maximum absolute atomic E-state index is 11.8. The van der Waals surface area contributed by atoms with Gasteiger partial charge in [0.25, 0.3) is 11.6 Å². The van der Waals surface area contributed by atoms with Crippen molar-refractivity contribution in [2.24, 2.45) is 5.73 Å². The van der Waals surface area contributed by atoms with Crippen LogP contribution in [-0.4, -0.2) is 34.6 Å². The second kappa shape index (κ2) is 6.46. The number of amides is 1. The van der Waals surface area contributed by atoms with E-state index >= 15 is 0 Å². The van der Waals surface area contributed by atoms with E-state index in [2.05, 4.69) is 5.32 Å². The first-order valence-corrected chi connectivity index (χ1v) is 5.86. The summed E-state index contributed by atoms with van der Waals surface area (Å²) in [6.45, 7) is 1.48. The predicted molar refractivity (Wildman–Crippen MR) is 70.1 cm³/mol. The molecular weight excluding hydrogens is 274 g/mol. The number of rotatable bonds is 5. The summed E-state index contributed by atoms with van der Waals surface area (Å²) in [4.78, 5) is 22.0. The van der Waals surface area contributed by atoms with Crippen molar-refractivity contribution in [3.8, 4) is 0 Å². The van der Waals surface area contributed by atoms with Gasteiger partial charge in [-0.25, -0.2) is 0 Å². The van der Waals surface area contributed by atoms with Crippen LogP contribution in [-0.2, 0) is 0 Å². The minimum Gasteiger partial charge on any atom is -0.392 e. The summed E-state index contributed by atoms with van der Waals surface area (Å²) < 4.78 is 0. The molecule has 0 aliphatic rings. The Morgan fingerprint density at radius 3 is 2.79 bits per heavy atom. The number of nitrogens with zero attached hydrogens (tertiary/aromatic N) is 1. The van der Waals surface area contributed by atoms with Gasteiger partial charge in [0.05, 0.1) is 11.0 Å². The number of hydrogen-bond donors (Lipinski definition) is 3. The molecule has 19 heavy (non-hydrogen) atoms. The summed E-state index contributed by atoms with van der Waals surface area (Å²) in [5.74, 6) is -0.662. The van der Waals surface area contributed by atoms with E-state index in [-0.39, 0.29) is 22.8 Å². The zero-order chi connectivity index (χ0) is 14.6. The topological polar surface area (TPSA) is 118 Å². The van der Waals surface area contributed by atoms with Crippen molar-refractivity contribution in [3.05, 3.63) is 38.9 Å². The number of halogens is 1. The molecule has 1 rings (SSSR count). The third kappa shape index (κ3) is 4.16. The number of carbonyl (C=O) groups is 1. The molecule has 0 saturated carbocycles. The standard InChI is InChI=1S/C11H14ClN3O4/c1-6(16)9(13)5-14-11(17)8-4-7(12)2-3-10(8)15(18)19/h2-4,6,9,16H,5,13H2,1H3,(H,14,17). The molecule has 0 radical (unpaired) electrons. The van der Waals surface area contributed by atoms with Crippen LogP contribution in [0.4, 0.5) is 5.69 Å². The maximum atomic E-state index is 11.8. The Bertz CT molecular complexity index is 493. The molecule has 2 unspecified atom stereocenters. The van der Waals surface area contributed by atoms with Gasteiger partial charge in [0.15, 0.2) is 0 Å². The fourth-order valence-electron chi connectivity index (χ4n) is 1.33. The number of benzene rings is 1. The normalized spacial score (nSPS) is 13.7. The molecule has 0 heterocycles. The van der Waals surface area contributed by atoms with E-state index in [1.807, 2.05) is 0 Å². The van der Waals surface area contributed by atoms with E-state index in [0.29, 0.717) is 0 Å². The predicted octanol–water partition coefficient (Wildman–Crippen LogP) is 0.686. The molecule has 4 N–H and O–H groups in total. The molecule has 2 atom stereocenters. The number of nitro groups is 1. The summed E-state index contributed by atoms with van der Waals surface area (Å²) in [7, 11) is 0. The third-order valence-corrected chi connectivity index (χ3v) is 2.75. The van der Waals surface area contributed by atoms with E-state index in [9.17, 15) is 20.0 Å². The first kappa shape index (κ1) is 15.4. The lowest BCUT2D eigenvalue weighted by Gasteiger charge is -2.15.